The van der Waals surface area contributed by atoms with Gasteiger partial charge in [0.2, 0.25) is 0 Å². The van der Waals surface area contributed by atoms with E-state index in [1.165, 1.54) is 12.2 Å². The number of rotatable bonds is 12. The molecule has 0 amide bonds. The van der Waals surface area contributed by atoms with E-state index >= 15 is 0 Å². The lowest BCUT2D eigenvalue weighted by Crippen LogP contribution is -2.41. The zero-order chi connectivity index (χ0) is 21.0. The van der Waals surface area contributed by atoms with Crippen molar-refractivity contribution < 1.29 is 29.0 Å². The number of carbonyl (C=O) groups excluding carboxylic acids is 3. The van der Waals surface area contributed by atoms with E-state index in [1.54, 1.807) is 26.0 Å². The molecule has 1 rings (SSSR count). The number of carbonyl (C=O) groups is 3. The second-order valence-electron chi connectivity index (χ2n) is 7.07. The molecular formula is C22H34O6. The molecule has 1 fully saturated rings. The van der Waals surface area contributed by atoms with Crippen LogP contribution in [0.15, 0.2) is 24.3 Å². The predicted molar refractivity (Wildman–Crippen MR) is 106 cm³/mol. The van der Waals surface area contributed by atoms with E-state index in [2.05, 4.69) is 6.92 Å². The minimum atomic E-state index is -1.35. The summed E-state index contributed by atoms with van der Waals surface area (Å²) in [6.45, 7) is 5.93. The van der Waals surface area contributed by atoms with Crippen LogP contribution in [0.4, 0.5) is 0 Å². The number of unbranched alkanes of at least 4 members (excludes halogenated alkanes) is 2. The summed E-state index contributed by atoms with van der Waals surface area (Å²) in [5, 5.41) is 10.2. The second-order valence-corrected chi connectivity index (χ2v) is 7.07. The summed E-state index contributed by atoms with van der Waals surface area (Å²) in [4.78, 5) is 37.1. The molecule has 0 aromatic heterocycles. The zero-order valence-electron chi connectivity index (χ0n) is 17.3. The lowest BCUT2D eigenvalue weighted by molar-refractivity contribution is -0.160. The van der Waals surface area contributed by atoms with Gasteiger partial charge in [0.1, 0.15) is 5.41 Å². The van der Waals surface area contributed by atoms with Crippen molar-refractivity contribution in [1.29, 1.82) is 0 Å². The van der Waals surface area contributed by atoms with Gasteiger partial charge in [-0.15, -0.1) is 0 Å². The molecule has 0 aromatic rings. The van der Waals surface area contributed by atoms with Crippen molar-refractivity contribution in [3.8, 4) is 0 Å². The summed E-state index contributed by atoms with van der Waals surface area (Å²) in [5.74, 6) is -1.63. The Bertz CT molecular complexity index is 580. The van der Waals surface area contributed by atoms with Gasteiger partial charge in [-0.3, -0.25) is 9.59 Å². The first-order valence-electron chi connectivity index (χ1n) is 10.3. The van der Waals surface area contributed by atoms with E-state index < -0.39 is 23.5 Å². The normalized spacial score (nSPS) is 23.4. The SMILES string of the molecule is CCCCCC(O)C=C[C@H]1CCC(=O)[C@]1(C/C=C/C(=O)OCC)C(=O)OCC. The molecule has 0 bridgehead atoms. The maximum absolute atomic E-state index is 12.8. The highest BCUT2D eigenvalue weighted by Crippen LogP contribution is 2.45. The van der Waals surface area contributed by atoms with Gasteiger partial charge in [0.05, 0.1) is 19.3 Å². The molecular weight excluding hydrogens is 360 g/mol. The van der Waals surface area contributed by atoms with Crippen LogP contribution in [0.3, 0.4) is 0 Å². The first kappa shape index (κ1) is 24.1. The molecule has 158 valence electrons. The topological polar surface area (TPSA) is 89.9 Å². The van der Waals surface area contributed by atoms with Crippen molar-refractivity contribution in [1.82, 2.24) is 0 Å². The third-order valence-electron chi connectivity index (χ3n) is 5.10. The minimum Gasteiger partial charge on any atom is -0.465 e. The third kappa shape index (κ3) is 6.59. The molecule has 1 aliphatic carbocycles. The highest BCUT2D eigenvalue weighted by Gasteiger charge is 2.54. The van der Waals surface area contributed by atoms with Crippen LogP contribution in [0.2, 0.25) is 0 Å². The third-order valence-corrected chi connectivity index (χ3v) is 5.10. The lowest BCUT2D eigenvalue weighted by atomic mass is 9.74. The van der Waals surface area contributed by atoms with Gasteiger partial charge < -0.3 is 14.6 Å². The zero-order valence-corrected chi connectivity index (χ0v) is 17.3. The summed E-state index contributed by atoms with van der Waals surface area (Å²) in [6, 6.07) is 0. The molecule has 0 radical (unpaired) electrons. The Hall–Kier alpha value is -1.95. The molecule has 0 aromatic carbocycles. The van der Waals surface area contributed by atoms with E-state index in [4.69, 9.17) is 9.47 Å². The molecule has 1 aliphatic rings. The van der Waals surface area contributed by atoms with Crippen LogP contribution >= 0.6 is 0 Å². The van der Waals surface area contributed by atoms with Gasteiger partial charge in [0.25, 0.3) is 0 Å². The Kier molecular flexibility index (Phi) is 10.8. The fourth-order valence-corrected chi connectivity index (χ4v) is 3.59. The van der Waals surface area contributed by atoms with Crippen molar-refractivity contribution in [2.75, 3.05) is 13.2 Å². The Balaban J connectivity index is 2.99. The van der Waals surface area contributed by atoms with Crippen molar-refractivity contribution in [3.05, 3.63) is 24.3 Å². The molecule has 1 N–H and O–H groups in total. The van der Waals surface area contributed by atoms with Crippen LogP contribution in [0.25, 0.3) is 0 Å². The summed E-state index contributed by atoms with van der Waals surface area (Å²) in [7, 11) is 0. The van der Waals surface area contributed by atoms with Gasteiger partial charge in [-0.1, -0.05) is 44.4 Å². The standard InChI is InChI=1S/C22H34O6/c1-4-7-8-10-18(23)14-12-17-13-15-19(24)22(17,21(26)28-6-3)16-9-11-20(25)27-5-2/h9,11-12,14,17-18,23H,4-8,10,13,15-16H2,1-3H3/b11-9+,14-12?/t17-,18?,22+/m0/s1. The average molecular weight is 395 g/mol. The van der Waals surface area contributed by atoms with Crippen LogP contribution in [0, 0.1) is 11.3 Å². The molecule has 28 heavy (non-hydrogen) atoms. The van der Waals surface area contributed by atoms with Gasteiger partial charge >= 0.3 is 11.9 Å². The van der Waals surface area contributed by atoms with E-state index in [9.17, 15) is 19.5 Å². The second kappa shape index (κ2) is 12.5. The van der Waals surface area contributed by atoms with Crippen LogP contribution in [-0.4, -0.2) is 42.1 Å². The summed E-state index contributed by atoms with van der Waals surface area (Å²) in [6.07, 6.45) is 10.2. The van der Waals surface area contributed by atoms with Gasteiger partial charge in [-0.2, -0.15) is 0 Å². The van der Waals surface area contributed by atoms with Crippen molar-refractivity contribution in [3.63, 3.8) is 0 Å². The molecule has 0 saturated heterocycles. The Morgan fingerprint density at radius 2 is 1.93 bits per heavy atom. The minimum absolute atomic E-state index is 0.0738. The number of hydrogen-bond acceptors (Lipinski definition) is 6. The molecule has 6 nitrogen and oxygen atoms in total. The predicted octanol–water partition coefficient (Wildman–Crippen LogP) is 3.52. The number of esters is 2. The average Bonchev–Trinajstić information content (AvgIpc) is 2.97. The largest absolute Gasteiger partial charge is 0.465 e. The van der Waals surface area contributed by atoms with Crippen LogP contribution in [-0.2, 0) is 23.9 Å². The van der Waals surface area contributed by atoms with Gasteiger partial charge in [0.15, 0.2) is 5.78 Å². The number of allylic oxidation sites excluding steroid dienone is 2. The lowest BCUT2D eigenvalue weighted by Gasteiger charge is -2.29. The van der Waals surface area contributed by atoms with E-state index in [0.29, 0.717) is 12.8 Å². The smallest absolute Gasteiger partial charge is 0.330 e. The van der Waals surface area contributed by atoms with E-state index in [0.717, 1.165) is 19.3 Å². The number of ether oxygens (including phenoxy) is 2. The fourth-order valence-electron chi connectivity index (χ4n) is 3.59. The van der Waals surface area contributed by atoms with Crippen LogP contribution < -0.4 is 0 Å². The molecule has 0 heterocycles. The molecule has 3 atom stereocenters. The number of aliphatic hydroxyl groups is 1. The monoisotopic (exact) mass is 394 g/mol. The number of aliphatic hydroxyl groups excluding tert-OH is 1. The first-order chi connectivity index (χ1) is 13.4. The molecule has 1 saturated carbocycles. The van der Waals surface area contributed by atoms with E-state index in [1.807, 2.05) is 0 Å². The Morgan fingerprint density at radius 1 is 1.21 bits per heavy atom. The first-order valence-corrected chi connectivity index (χ1v) is 10.3. The van der Waals surface area contributed by atoms with E-state index in [-0.39, 0.29) is 37.8 Å². The number of Topliss-reactive ketones (excluding diaryl/α,β-unsaturated/α-hetero) is 1. The Morgan fingerprint density at radius 3 is 2.57 bits per heavy atom. The maximum Gasteiger partial charge on any atom is 0.330 e. The van der Waals surface area contributed by atoms with Gasteiger partial charge in [0, 0.05) is 18.4 Å². The highest BCUT2D eigenvalue weighted by atomic mass is 16.5. The van der Waals surface area contributed by atoms with Crippen molar-refractivity contribution >= 4 is 17.7 Å². The molecule has 0 spiro atoms. The molecule has 0 aliphatic heterocycles. The van der Waals surface area contributed by atoms with Crippen molar-refractivity contribution in [2.24, 2.45) is 11.3 Å². The Labute approximate surface area is 168 Å². The summed E-state index contributed by atoms with van der Waals surface area (Å²) < 4.78 is 10.1. The van der Waals surface area contributed by atoms with Crippen molar-refractivity contribution in [2.45, 2.75) is 71.8 Å². The van der Waals surface area contributed by atoms with Gasteiger partial charge in [-0.05, 0) is 33.1 Å². The molecule has 1 unspecified atom stereocenters. The molecule has 6 heteroatoms. The number of ketones is 1. The van der Waals surface area contributed by atoms with Crippen LogP contribution in [0.1, 0.15) is 65.7 Å². The quantitative estimate of drug-likeness (QED) is 0.179. The highest BCUT2D eigenvalue weighted by molar-refractivity contribution is 6.06. The van der Waals surface area contributed by atoms with Crippen LogP contribution in [0.5, 0.6) is 0 Å². The fraction of sp³-hybridized carbons (Fsp3) is 0.682. The summed E-state index contributed by atoms with van der Waals surface area (Å²) in [5.41, 5.74) is -1.35. The maximum atomic E-state index is 12.8. The number of hydrogen-bond donors (Lipinski definition) is 1. The van der Waals surface area contributed by atoms with Gasteiger partial charge in [-0.25, -0.2) is 4.79 Å². The summed E-state index contributed by atoms with van der Waals surface area (Å²) >= 11 is 0.